The number of hydrogen-bond donors (Lipinski definition) is 2. The number of nitrogens with one attached hydrogen (secondary N) is 2. The smallest absolute Gasteiger partial charge is 0.263 e. The van der Waals surface area contributed by atoms with Gasteiger partial charge in [-0.25, -0.2) is 18.4 Å². The molecule has 1 aromatic carbocycles. The molecule has 1 fully saturated rings. The third-order valence-corrected chi connectivity index (χ3v) is 5.48. The van der Waals surface area contributed by atoms with Gasteiger partial charge in [-0.2, -0.15) is 0 Å². The van der Waals surface area contributed by atoms with Crippen LogP contribution in [-0.2, 0) is 14.8 Å². The number of sulfonamides is 1. The van der Waals surface area contributed by atoms with Crippen LogP contribution in [0.5, 0.6) is 5.88 Å². The molecule has 9 heteroatoms. The lowest BCUT2D eigenvalue weighted by atomic mass is 9.94. The van der Waals surface area contributed by atoms with Gasteiger partial charge in [-0.1, -0.05) is 0 Å². The number of carbonyl (C=O) groups is 1. The second kappa shape index (κ2) is 8.17. The second-order valence-corrected chi connectivity index (χ2v) is 7.67. The molecule has 0 amide bonds. The second-order valence-electron chi connectivity index (χ2n) is 5.99. The molecule has 0 aliphatic heterocycles. The van der Waals surface area contributed by atoms with Crippen LogP contribution in [0.2, 0.25) is 0 Å². The molecule has 142 valence electrons. The van der Waals surface area contributed by atoms with Crippen molar-refractivity contribution in [3.05, 3.63) is 48.4 Å². The SMILES string of the molecule is COc1nccnc1NS(=O)(=O)c1ccc(NC=C2CCCCC2=O)cc1. The maximum absolute atomic E-state index is 12.5. The Morgan fingerprint density at radius 1 is 1.07 bits per heavy atom. The van der Waals surface area contributed by atoms with Gasteiger partial charge in [-0.05, 0) is 43.5 Å². The fourth-order valence-electron chi connectivity index (χ4n) is 2.69. The minimum absolute atomic E-state index is 0.0164. The van der Waals surface area contributed by atoms with E-state index in [-0.39, 0.29) is 22.4 Å². The number of methoxy groups -OCH3 is 1. The van der Waals surface area contributed by atoms with Crippen LogP contribution >= 0.6 is 0 Å². The van der Waals surface area contributed by atoms with Crippen LogP contribution in [0.3, 0.4) is 0 Å². The third-order valence-electron chi connectivity index (χ3n) is 4.12. The molecule has 0 spiro atoms. The van der Waals surface area contributed by atoms with Crippen LogP contribution in [0.4, 0.5) is 11.5 Å². The van der Waals surface area contributed by atoms with Crippen molar-refractivity contribution in [2.75, 3.05) is 17.1 Å². The van der Waals surface area contributed by atoms with Gasteiger partial charge >= 0.3 is 0 Å². The number of anilines is 2. The van der Waals surface area contributed by atoms with Gasteiger partial charge < -0.3 is 10.1 Å². The summed E-state index contributed by atoms with van der Waals surface area (Å²) >= 11 is 0. The molecular formula is C18H20N4O4S. The van der Waals surface area contributed by atoms with Gasteiger partial charge in [0.15, 0.2) is 5.78 Å². The first-order chi connectivity index (χ1) is 13.0. The maximum atomic E-state index is 12.5. The summed E-state index contributed by atoms with van der Waals surface area (Å²) in [6, 6.07) is 6.20. The molecule has 2 aromatic rings. The highest BCUT2D eigenvalue weighted by atomic mass is 32.2. The van der Waals surface area contributed by atoms with Crippen LogP contribution < -0.4 is 14.8 Å². The summed E-state index contributed by atoms with van der Waals surface area (Å²) in [7, 11) is -2.45. The maximum Gasteiger partial charge on any atom is 0.263 e. The summed E-state index contributed by atoms with van der Waals surface area (Å²) in [4.78, 5) is 19.7. The highest BCUT2D eigenvalue weighted by Crippen LogP contribution is 2.23. The third kappa shape index (κ3) is 4.62. The van der Waals surface area contributed by atoms with E-state index in [1.807, 2.05) is 0 Å². The highest BCUT2D eigenvalue weighted by Gasteiger charge is 2.18. The molecule has 1 aliphatic rings. The quantitative estimate of drug-likeness (QED) is 0.732. The molecule has 0 unspecified atom stereocenters. The first kappa shape index (κ1) is 18.8. The summed E-state index contributed by atoms with van der Waals surface area (Å²) < 4.78 is 32.4. The van der Waals surface area contributed by atoms with E-state index < -0.39 is 10.0 Å². The van der Waals surface area contributed by atoms with E-state index in [1.165, 1.54) is 31.6 Å². The number of carbonyl (C=O) groups excluding carboxylic acids is 1. The zero-order valence-electron chi connectivity index (χ0n) is 14.8. The number of ether oxygens (including phenoxy) is 1. The molecule has 1 aliphatic carbocycles. The monoisotopic (exact) mass is 388 g/mol. The lowest BCUT2D eigenvalue weighted by molar-refractivity contribution is -0.116. The number of Topliss-reactive ketones (excluding diaryl/α,β-unsaturated/α-hetero) is 1. The van der Waals surface area contributed by atoms with Crippen molar-refractivity contribution in [3.8, 4) is 5.88 Å². The van der Waals surface area contributed by atoms with Gasteiger partial charge in [0.05, 0.1) is 12.0 Å². The Morgan fingerprint density at radius 3 is 2.48 bits per heavy atom. The van der Waals surface area contributed by atoms with Gasteiger partial charge in [0.2, 0.25) is 5.82 Å². The predicted octanol–water partition coefficient (Wildman–Crippen LogP) is 2.72. The average Bonchev–Trinajstić information content (AvgIpc) is 2.68. The van der Waals surface area contributed by atoms with Gasteiger partial charge in [0.1, 0.15) is 0 Å². The minimum Gasteiger partial charge on any atom is -0.478 e. The predicted molar refractivity (Wildman–Crippen MR) is 101 cm³/mol. The van der Waals surface area contributed by atoms with E-state index in [4.69, 9.17) is 4.74 Å². The number of aromatic nitrogens is 2. The van der Waals surface area contributed by atoms with E-state index in [0.717, 1.165) is 24.8 Å². The number of nitrogens with zero attached hydrogens (tertiary/aromatic N) is 2. The molecule has 2 N–H and O–H groups in total. The lowest BCUT2D eigenvalue weighted by Gasteiger charge is -2.13. The average molecular weight is 388 g/mol. The van der Waals surface area contributed by atoms with E-state index >= 15 is 0 Å². The molecule has 3 rings (SSSR count). The van der Waals surface area contributed by atoms with E-state index in [0.29, 0.717) is 12.1 Å². The van der Waals surface area contributed by atoms with Crippen LogP contribution in [0.1, 0.15) is 25.7 Å². The van der Waals surface area contributed by atoms with Gasteiger partial charge in [-0.3, -0.25) is 9.52 Å². The van der Waals surface area contributed by atoms with Crippen LogP contribution in [0, 0.1) is 0 Å². The Kier molecular flexibility index (Phi) is 5.70. The van der Waals surface area contributed by atoms with Gasteiger partial charge in [0, 0.05) is 36.3 Å². The van der Waals surface area contributed by atoms with Crippen molar-refractivity contribution in [2.24, 2.45) is 0 Å². The van der Waals surface area contributed by atoms with Crippen LogP contribution in [-0.4, -0.2) is 31.3 Å². The zero-order chi connectivity index (χ0) is 19.3. The van der Waals surface area contributed by atoms with Crippen molar-refractivity contribution in [1.29, 1.82) is 0 Å². The fraction of sp³-hybridized carbons (Fsp3) is 0.278. The topological polar surface area (TPSA) is 110 Å². The molecule has 0 saturated heterocycles. The minimum atomic E-state index is -3.84. The van der Waals surface area contributed by atoms with E-state index in [9.17, 15) is 13.2 Å². The Morgan fingerprint density at radius 2 is 1.78 bits per heavy atom. The summed E-state index contributed by atoms with van der Waals surface area (Å²) in [5, 5.41) is 3.05. The summed E-state index contributed by atoms with van der Waals surface area (Å²) in [5.41, 5.74) is 1.46. The normalized spacial score (nSPS) is 16.2. The summed E-state index contributed by atoms with van der Waals surface area (Å²) in [5.74, 6) is 0.265. The van der Waals surface area contributed by atoms with Crippen molar-refractivity contribution < 1.29 is 17.9 Å². The van der Waals surface area contributed by atoms with Crippen molar-refractivity contribution >= 4 is 27.3 Å². The van der Waals surface area contributed by atoms with Crippen molar-refractivity contribution in [2.45, 2.75) is 30.6 Å². The van der Waals surface area contributed by atoms with Gasteiger partial charge in [0.25, 0.3) is 15.9 Å². The Labute approximate surface area is 157 Å². The van der Waals surface area contributed by atoms with Crippen LogP contribution in [0.15, 0.2) is 53.3 Å². The molecule has 0 radical (unpaired) electrons. The number of hydrogen-bond acceptors (Lipinski definition) is 7. The van der Waals surface area contributed by atoms with Crippen molar-refractivity contribution in [3.63, 3.8) is 0 Å². The molecule has 0 bridgehead atoms. The molecule has 8 nitrogen and oxygen atoms in total. The van der Waals surface area contributed by atoms with E-state index in [1.54, 1.807) is 18.3 Å². The fourth-order valence-corrected chi connectivity index (χ4v) is 3.69. The molecular weight excluding hydrogens is 368 g/mol. The van der Waals surface area contributed by atoms with Gasteiger partial charge in [-0.15, -0.1) is 0 Å². The number of rotatable bonds is 6. The molecule has 1 aromatic heterocycles. The molecule has 1 saturated carbocycles. The highest BCUT2D eigenvalue weighted by molar-refractivity contribution is 7.92. The Bertz CT molecular complexity index is 956. The van der Waals surface area contributed by atoms with Crippen LogP contribution in [0.25, 0.3) is 0 Å². The number of benzene rings is 1. The largest absolute Gasteiger partial charge is 0.478 e. The van der Waals surface area contributed by atoms with E-state index in [2.05, 4.69) is 20.0 Å². The Hall–Kier alpha value is -2.94. The molecule has 1 heterocycles. The number of ketones is 1. The lowest BCUT2D eigenvalue weighted by Crippen LogP contribution is -2.15. The summed E-state index contributed by atoms with van der Waals surface area (Å²) in [6.07, 6.45) is 7.77. The number of allylic oxidation sites excluding steroid dienone is 1. The first-order valence-corrected chi connectivity index (χ1v) is 9.94. The molecule has 27 heavy (non-hydrogen) atoms. The zero-order valence-corrected chi connectivity index (χ0v) is 15.6. The first-order valence-electron chi connectivity index (χ1n) is 8.46. The standard InChI is InChI=1S/C18H20N4O4S/c1-26-18-17(19-10-11-20-18)22-27(24,25)15-8-6-14(7-9-15)21-12-13-4-2-3-5-16(13)23/h6-12,21H,2-5H2,1H3,(H,19,22). The summed E-state index contributed by atoms with van der Waals surface area (Å²) in [6.45, 7) is 0. The Balaban J connectivity index is 1.72. The molecule has 0 atom stereocenters. The van der Waals surface area contributed by atoms with Crippen molar-refractivity contribution in [1.82, 2.24) is 9.97 Å².